The molecule has 0 aliphatic rings. The number of nitriles is 2. The molecule has 1 aromatic heterocycles. The predicted octanol–water partition coefficient (Wildman–Crippen LogP) is 2.38. The van der Waals surface area contributed by atoms with Crippen molar-refractivity contribution >= 4 is 28.4 Å². The number of nitrogens with zero attached hydrogens (tertiary/aromatic N) is 5. The van der Waals surface area contributed by atoms with Crippen LogP contribution in [-0.4, -0.2) is 39.8 Å². The molecular formula is C16H15N5OS. The third-order valence-corrected chi connectivity index (χ3v) is 4.17. The SMILES string of the molecule is N#CCCN(CCC#N)C(=O)CSc1nncc2ccccc12. The Morgan fingerprint density at radius 2 is 1.87 bits per heavy atom. The summed E-state index contributed by atoms with van der Waals surface area (Å²) in [4.78, 5) is 13.9. The summed E-state index contributed by atoms with van der Waals surface area (Å²) in [6, 6.07) is 11.8. The van der Waals surface area contributed by atoms with Crippen LogP contribution < -0.4 is 0 Å². The van der Waals surface area contributed by atoms with Crippen LogP contribution in [-0.2, 0) is 4.79 Å². The summed E-state index contributed by atoms with van der Waals surface area (Å²) >= 11 is 1.32. The van der Waals surface area contributed by atoms with Crippen molar-refractivity contribution in [2.75, 3.05) is 18.8 Å². The molecule has 6 nitrogen and oxygen atoms in total. The van der Waals surface area contributed by atoms with E-state index in [1.807, 2.05) is 36.4 Å². The average molecular weight is 325 g/mol. The molecule has 7 heteroatoms. The number of hydrogen-bond donors (Lipinski definition) is 0. The summed E-state index contributed by atoms with van der Waals surface area (Å²) < 4.78 is 0. The molecule has 1 amide bonds. The second kappa shape index (κ2) is 8.72. The normalized spacial score (nSPS) is 10.0. The van der Waals surface area contributed by atoms with E-state index >= 15 is 0 Å². The summed E-state index contributed by atoms with van der Waals surface area (Å²) in [5.41, 5.74) is 0. The van der Waals surface area contributed by atoms with E-state index in [9.17, 15) is 4.79 Å². The zero-order valence-corrected chi connectivity index (χ0v) is 13.3. The first kappa shape index (κ1) is 16.7. The van der Waals surface area contributed by atoms with Crippen LogP contribution >= 0.6 is 11.8 Å². The minimum absolute atomic E-state index is 0.102. The topological polar surface area (TPSA) is 93.7 Å². The Kier molecular flexibility index (Phi) is 6.34. The van der Waals surface area contributed by atoms with Gasteiger partial charge in [0.1, 0.15) is 5.03 Å². The third kappa shape index (κ3) is 4.67. The standard InChI is InChI=1S/C16H15N5OS/c17-7-3-9-21(10-4-8-18)15(22)12-23-16-14-6-2-1-5-13(14)11-19-20-16/h1-2,5-6,11H,3-4,9-10,12H2. The second-order valence-electron chi connectivity index (χ2n) is 4.72. The van der Waals surface area contributed by atoms with Crippen molar-refractivity contribution in [3.05, 3.63) is 30.5 Å². The molecule has 1 heterocycles. The fourth-order valence-corrected chi connectivity index (χ4v) is 2.95. The van der Waals surface area contributed by atoms with Gasteiger partial charge in [-0.2, -0.15) is 15.6 Å². The molecule has 0 spiro atoms. The van der Waals surface area contributed by atoms with Crippen molar-refractivity contribution in [1.29, 1.82) is 10.5 Å². The van der Waals surface area contributed by atoms with E-state index in [1.54, 1.807) is 11.1 Å². The molecule has 0 saturated heterocycles. The van der Waals surface area contributed by atoms with Crippen molar-refractivity contribution < 1.29 is 4.79 Å². The van der Waals surface area contributed by atoms with Crippen molar-refractivity contribution in [1.82, 2.24) is 15.1 Å². The molecular weight excluding hydrogens is 310 g/mol. The van der Waals surface area contributed by atoms with E-state index < -0.39 is 0 Å². The van der Waals surface area contributed by atoms with Crippen LogP contribution in [0.1, 0.15) is 12.8 Å². The molecule has 0 N–H and O–H groups in total. The van der Waals surface area contributed by atoms with E-state index in [1.165, 1.54) is 11.8 Å². The number of fused-ring (bicyclic) bond motifs is 1. The largest absolute Gasteiger partial charge is 0.340 e. The molecule has 0 aliphatic carbocycles. The van der Waals surface area contributed by atoms with Crippen LogP contribution in [0.15, 0.2) is 35.5 Å². The summed E-state index contributed by atoms with van der Waals surface area (Å²) in [7, 11) is 0. The molecule has 2 rings (SSSR count). The van der Waals surface area contributed by atoms with Crippen LogP contribution in [0.25, 0.3) is 10.8 Å². The van der Waals surface area contributed by atoms with Crippen LogP contribution in [0.3, 0.4) is 0 Å². The molecule has 0 unspecified atom stereocenters. The van der Waals surface area contributed by atoms with Gasteiger partial charge < -0.3 is 4.90 Å². The molecule has 0 saturated carbocycles. The number of aromatic nitrogens is 2. The second-order valence-corrected chi connectivity index (χ2v) is 5.69. The number of hydrogen-bond acceptors (Lipinski definition) is 6. The lowest BCUT2D eigenvalue weighted by molar-refractivity contribution is -0.128. The first-order chi connectivity index (χ1) is 11.3. The number of carbonyl (C=O) groups is 1. The van der Waals surface area contributed by atoms with Gasteiger partial charge in [-0.25, -0.2) is 0 Å². The Morgan fingerprint density at radius 3 is 2.57 bits per heavy atom. The molecule has 0 fully saturated rings. The quantitative estimate of drug-likeness (QED) is 0.725. The van der Waals surface area contributed by atoms with Gasteiger partial charge in [0.2, 0.25) is 5.91 Å². The first-order valence-corrected chi connectivity index (χ1v) is 8.09. The highest BCUT2D eigenvalue weighted by Gasteiger charge is 2.14. The smallest absolute Gasteiger partial charge is 0.233 e. The number of rotatable bonds is 7. The van der Waals surface area contributed by atoms with E-state index in [2.05, 4.69) is 10.2 Å². The third-order valence-electron chi connectivity index (χ3n) is 3.21. The van der Waals surface area contributed by atoms with E-state index in [0.717, 1.165) is 10.8 Å². The van der Waals surface area contributed by atoms with Gasteiger partial charge in [0.05, 0.1) is 36.9 Å². The highest BCUT2D eigenvalue weighted by Crippen LogP contribution is 2.24. The van der Waals surface area contributed by atoms with Gasteiger partial charge in [-0.1, -0.05) is 36.0 Å². The lowest BCUT2D eigenvalue weighted by Gasteiger charge is -2.20. The van der Waals surface area contributed by atoms with Crippen molar-refractivity contribution in [2.45, 2.75) is 17.9 Å². The van der Waals surface area contributed by atoms with Gasteiger partial charge in [-0.15, -0.1) is 5.10 Å². The number of carbonyl (C=O) groups excluding carboxylic acids is 1. The molecule has 116 valence electrons. The first-order valence-electron chi connectivity index (χ1n) is 7.11. The Hall–Kier alpha value is -2.64. The van der Waals surface area contributed by atoms with Gasteiger partial charge in [-0.3, -0.25) is 4.79 Å². The minimum atomic E-state index is -0.102. The molecule has 0 atom stereocenters. The number of benzene rings is 1. The van der Waals surface area contributed by atoms with Gasteiger partial charge in [0.25, 0.3) is 0 Å². The Balaban J connectivity index is 2.04. The Bertz CT molecular complexity index is 742. The van der Waals surface area contributed by atoms with Crippen LogP contribution in [0, 0.1) is 22.7 Å². The number of amides is 1. The van der Waals surface area contributed by atoms with Gasteiger partial charge >= 0.3 is 0 Å². The Morgan fingerprint density at radius 1 is 1.17 bits per heavy atom. The fraction of sp³-hybridized carbons (Fsp3) is 0.312. The fourth-order valence-electron chi connectivity index (χ4n) is 2.06. The summed E-state index contributed by atoms with van der Waals surface area (Å²) in [5, 5.41) is 28.0. The van der Waals surface area contributed by atoms with Crippen LogP contribution in [0.2, 0.25) is 0 Å². The zero-order chi connectivity index (χ0) is 16.5. The van der Waals surface area contributed by atoms with Crippen LogP contribution in [0.5, 0.6) is 0 Å². The maximum atomic E-state index is 12.3. The molecule has 0 radical (unpaired) electrons. The van der Waals surface area contributed by atoms with Crippen molar-refractivity contribution in [2.24, 2.45) is 0 Å². The summed E-state index contributed by atoms with van der Waals surface area (Å²) in [6.07, 6.45) is 2.21. The highest BCUT2D eigenvalue weighted by atomic mass is 32.2. The summed E-state index contributed by atoms with van der Waals surface area (Å²) in [6.45, 7) is 0.692. The van der Waals surface area contributed by atoms with Gasteiger partial charge in [0.15, 0.2) is 0 Å². The van der Waals surface area contributed by atoms with Crippen LogP contribution in [0.4, 0.5) is 0 Å². The number of thioether (sulfide) groups is 1. The lowest BCUT2D eigenvalue weighted by atomic mass is 10.2. The van der Waals surface area contributed by atoms with Crippen molar-refractivity contribution in [3.63, 3.8) is 0 Å². The molecule has 0 bridgehead atoms. The van der Waals surface area contributed by atoms with E-state index in [-0.39, 0.29) is 24.5 Å². The van der Waals surface area contributed by atoms with E-state index in [4.69, 9.17) is 10.5 Å². The molecule has 2 aromatic rings. The van der Waals surface area contributed by atoms with Gasteiger partial charge in [-0.05, 0) is 0 Å². The predicted molar refractivity (Wildman–Crippen MR) is 87.3 cm³/mol. The zero-order valence-electron chi connectivity index (χ0n) is 12.5. The maximum Gasteiger partial charge on any atom is 0.233 e. The summed E-state index contributed by atoms with van der Waals surface area (Å²) in [5.74, 6) is 0.106. The maximum absolute atomic E-state index is 12.3. The molecule has 1 aromatic carbocycles. The Labute approximate surface area is 138 Å². The lowest BCUT2D eigenvalue weighted by Crippen LogP contribution is -2.34. The van der Waals surface area contributed by atoms with E-state index in [0.29, 0.717) is 18.1 Å². The molecule has 23 heavy (non-hydrogen) atoms. The monoisotopic (exact) mass is 325 g/mol. The average Bonchev–Trinajstić information content (AvgIpc) is 2.59. The molecule has 0 aliphatic heterocycles. The van der Waals surface area contributed by atoms with Gasteiger partial charge in [0, 0.05) is 23.9 Å². The minimum Gasteiger partial charge on any atom is -0.340 e. The van der Waals surface area contributed by atoms with Crippen molar-refractivity contribution in [3.8, 4) is 12.1 Å². The highest BCUT2D eigenvalue weighted by molar-refractivity contribution is 8.00.